The number of nitrogens with one attached hydrogen (secondary N) is 2. The van der Waals surface area contributed by atoms with Gasteiger partial charge >= 0.3 is 0 Å². The van der Waals surface area contributed by atoms with Gasteiger partial charge in [0.05, 0.1) is 24.9 Å². The minimum atomic E-state index is -0.932. The Balaban J connectivity index is 0.792. The average molecular weight is 800 g/mol. The number of hydrogen-bond acceptors (Lipinski definition) is 11. The molecule has 3 N–H and O–H groups in total. The molecule has 0 bridgehead atoms. The van der Waals surface area contributed by atoms with Gasteiger partial charge in [0.2, 0.25) is 5.95 Å². The number of amides is 2. The van der Waals surface area contributed by atoms with Crippen LogP contribution in [0.4, 0.5) is 5.95 Å². The number of benzene rings is 3. The van der Waals surface area contributed by atoms with Crippen molar-refractivity contribution in [2.75, 3.05) is 57.8 Å². The van der Waals surface area contributed by atoms with Gasteiger partial charge in [-0.2, -0.15) is 4.98 Å². The largest absolute Gasteiger partial charge is 0.457 e. The standard InChI is InChI=1S/C46H53N7O6/c1-2-3-19-47-46-48-28-38-39(30-53(43(38)49-46)34-14-16-35(54)17-15-34)33-12-10-32(11-13-33)29-52-22-20-51(21-23-52)24-26-58-25-18-31-6-4-7-36(27-31)59-40-9-5-8-37-41(40)44(56)50-45(57)42(37)55/h4-13,27-28,30,34-35,54H,2-3,14-26,29H2,1H3,(H,47,48,49)(H,50,56,57). The Kier molecular flexibility index (Phi) is 12.7. The summed E-state index contributed by atoms with van der Waals surface area (Å²) in [6.07, 6.45) is 10.4. The summed E-state index contributed by atoms with van der Waals surface area (Å²) >= 11 is 0. The summed E-state index contributed by atoms with van der Waals surface area (Å²) in [5, 5.41) is 16.7. The van der Waals surface area contributed by atoms with Crippen molar-refractivity contribution in [3.63, 3.8) is 0 Å². The summed E-state index contributed by atoms with van der Waals surface area (Å²) < 4.78 is 14.4. The van der Waals surface area contributed by atoms with Crippen LogP contribution in [-0.4, -0.2) is 106 Å². The normalized spacial score (nSPS) is 18.8. The SMILES string of the molecule is CCCCNc1ncc2c(-c3ccc(CN4CCN(CCOCCc5cccc(Oc6cccc7c6C(=O)NC(=O)C7=O)c5)CC4)cc3)cn(C3CCC(O)CC3)c2n1. The molecule has 1 aliphatic carbocycles. The number of hydrogen-bond donors (Lipinski definition) is 3. The molecule has 3 aromatic carbocycles. The molecule has 0 atom stereocenters. The predicted octanol–water partition coefficient (Wildman–Crippen LogP) is 6.41. The smallest absolute Gasteiger partial charge is 0.299 e. The summed E-state index contributed by atoms with van der Waals surface area (Å²) in [6.45, 7) is 10.0. The molecule has 8 rings (SSSR count). The molecule has 3 aliphatic rings. The van der Waals surface area contributed by atoms with Crippen LogP contribution in [-0.2, 0) is 22.5 Å². The first-order valence-corrected chi connectivity index (χ1v) is 21.0. The van der Waals surface area contributed by atoms with Gasteiger partial charge in [0.15, 0.2) is 0 Å². The fourth-order valence-corrected chi connectivity index (χ4v) is 8.32. The molecule has 2 aromatic heterocycles. The summed E-state index contributed by atoms with van der Waals surface area (Å²) in [7, 11) is 0. The van der Waals surface area contributed by atoms with E-state index in [9.17, 15) is 19.5 Å². The van der Waals surface area contributed by atoms with Crippen molar-refractivity contribution < 1.29 is 29.0 Å². The van der Waals surface area contributed by atoms with E-state index in [2.05, 4.69) is 67.4 Å². The number of anilines is 1. The van der Waals surface area contributed by atoms with Crippen molar-refractivity contribution in [3.05, 3.63) is 101 Å². The van der Waals surface area contributed by atoms with Gasteiger partial charge in [-0.1, -0.05) is 55.8 Å². The van der Waals surface area contributed by atoms with E-state index < -0.39 is 17.6 Å². The molecule has 1 saturated heterocycles. The van der Waals surface area contributed by atoms with Crippen molar-refractivity contribution in [2.24, 2.45) is 0 Å². The van der Waals surface area contributed by atoms with Crippen molar-refractivity contribution in [3.8, 4) is 22.6 Å². The quantitative estimate of drug-likeness (QED) is 0.0578. The maximum Gasteiger partial charge on any atom is 0.299 e. The first kappa shape index (κ1) is 40.3. The lowest BCUT2D eigenvalue weighted by Gasteiger charge is -2.34. The van der Waals surface area contributed by atoms with Crippen LogP contribution in [0.5, 0.6) is 11.5 Å². The third kappa shape index (κ3) is 9.55. The molecule has 0 spiro atoms. The highest BCUT2D eigenvalue weighted by atomic mass is 16.5. The average Bonchev–Trinajstić information content (AvgIpc) is 3.63. The molecule has 5 aromatic rings. The third-order valence-corrected chi connectivity index (χ3v) is 11.7. The fourth-order valence-electron chi connectivity index (χ4n) is 8.32. The Morgan fingerprint density at radius 2 is 1.64 bits per heavy atom. The Morgan fingerprint density at radius 3 is 2.44 bits per heavy atom. The van der Waals surface area contributed by atoms with Gasteiger partial charge in [-0.15, -0.1) is 0 Å². The topological polar surface area (TPSA) is 151 Å². The third-order valence-electron chi connectivity index (χ3n) is 11.7. The first-order chi connectivity index (χ1) is 28.8. The van der Waals surface area contributed by atoms with E-state index in [0.717, 1.165) is 112 Å². The number of nitrogens with zero attached hydrogens (tertiary/aromatic N) is 5. The van der Waals surface area contributed by atoms with E-state index in [4.69, 9.17) is 14.5 Å². The van der Waals surface area contributed by atoms with Gasteiger partial charge in [-0.25, -0.2) is 4.98 Å². The van der Waals surface area contributed by atoms with Gasteiger partial charge < -0.3 is 24.5 Å². The monoisotopic (exact) mass is 799 g/mol. The number of imide groups is 1. The number of unbranched alkanes of at least 4 members (excludes halogenated alkanes) is 1. The van der Waals surface area contributed by atoms with E-state index in [1.807, 2.05) is 24.4 Å². The van der Waals surface area contributed by atoms with Crippen LogP contribution in [0, 0.1) is 0 Å². The number of aromatic nitrogens is 3. The van der Waals surface area contributed by atoms with Crippen molar-refractivity contribution in [1.82, 2.24) is 29.7 Å². The van der Waals surface area contributed by atoms with Crippen LogP contribution in [0.3, 0.4) is 0 Å². The molecule has 0 radical (unpaired) electrons. The zero-order valence-electron chi connectivity index (χ0n) is 33.7. The molecule has 2 fully saturated rings. The second-order valence-corrected chi connectivity index (χ2v) is 15.8. The second kappa shape index (κ2) is 18.6. The molecule has 0 unspecified atom stereocenters. The number of Topliss-reactive ketones (excluding diaryl/α,β-unsaturated/α-hetero) is 1. The highest BCUT2D eigenvalue weighted by Gasteiger charge is 2.33. The van der Waals surface area contributed by atoms with Crippen LogP contribution in [0.2, 0.25) is 0 Å². The number of ether oxygens (including phenoxy) is 2. The number of carbonyl (C=O) groups is 3. The Morgan fingerprint density at radius 1 is 0.864 bits per heavy atom. The molecule has 59 heavy (non-hydrogen) atoms. The summed E-state index contributed by atoms with van der Waals surface area (Å²) in [4.78, 5) is 51.2. The summed E-state index contributed by atoms with van der Waals surface area (Å²) in [5.74, 6) is -0.907. The lowest BCUT2D eigenvalue weighted by molar-refractivity contribution is -0.116. The van der Waals surface area contributed by atoms with E-state index in [0.29, 0.717) is 37.4 Å². The lowest BCUT2D eigenvalue weighted by Crippen LogP contribution is -2.46. The summed E-state index contributed by atoms with van der Waals surface area (Å²) in [6, 6.07) is 21.5. The zero-order valence-corrected chi connectivity index (χ0v) is 33.7. The minimum absolute atomic E-state index is 0.0446. The number of aliphatic hydroxyl groups excluding tert-OH is 1. The molecule has 4 heterocycles. The van der Waals surface area contributed by atoms with Crippen LogP contribution >= 0.6 is 0 Å². The lowest BCUT2D eigenvalue weighted by atomic mass is 9.93. The van der Waals surface area contributed by atoms with E-state index >= 15 is 0 Å². The molecular formula is C46H53N7O6. The highest BCUT2D eigenvalue weighted by Crippen LogP contribution is 2.37. The Hall–Kier alpha value is -5.47. The van der Waals surface area contributed by atoms with E-state index in [1.165, 1.54) is 11.6 Å². The van der Waals surface area contributed by atoms with Crippen molar-refractivity contribution in [1.29, 1.82) is 0 Å². The van der Waals surface area contributed by atoms with E-state index in [-0.39, 0.29) is 23.0 Å². The van der Waals surface area contributed by atoms with Crippen LogP contribution in [0.15, 0.2) is 79.1 Å². The number of aliphatic hydroxyl groups is 1. The number of ketones is 1. The molecule has 2 amide bonds. The fraction of sp³-hybridized carbons (Fsp3) is 0.413. The molecule has 2 aliphatic heterocycles. The number of rotatable bonds is 16. The molecule has 13 nitrogen and oxygen atoms in total. The minimum Gasteiger partial charge on any atom is -0.457 e. The maximum atomic E-state index is 12.5. The molecule has 13 heteroatoms. The number of fused-ring (bicyclic) bond motifs is 2. The Labute approximate surface area is 344 Å². The van der Waals surface area contributed by atoms with E-state index in [1.54, 1.807) is 18.2 Å². The van der Waals surface area contributed by atoms with Crippen LogP contribution in [0.25, 0.3) is 22.2 Å². The van der Waals surface area contributed by atoms with Crippen molar-refractivity contribution >= 4 is 34.6 Å². The maximum absolute atomic E-state index is 12.5. The number of piperazine rings is 1. The van der Waals surface area contributed by atoms with Gasteiger partial charge in [-0.05, 0) is 79.5 Å². The zero-order chi connectivity index (χ0) is 40.7. The van der Waals surface area contributed by atoms with Crippen LogP contribution < -0.4 is 15.4 Å². The van der Waals surface area contributed by atoms with Crippen molar-refractivity contribution in [2.45, 2.75) is 70.6 Å². The highest BCUT2D eigenvalue weighted by molar-refractivity contribution is 6.49. The molecular weight excluding hydrogens is 747 g/mol. The first-order valence-electron chi connectivity index (χ1n) is 21.0. The predicted molar refractivity (Wildman–Crippen MR) is 226 cm³/mol. The van der Waals surface area contributed by atoms with Gasteiger partial charge in [0, 0.05) is 80.8 Å². The molecule has 1 saturated carbocycles. The van der Waals surface area contributed by atoms with Gasteiger partial charge in [-0.3, -0.25) is 29.5 Å². The van der Waals surface area contributed by atoms with Gasteiger partial charge in [0.1, 0.15) is 17.1 Å². The van der Waals surface area contributed by atoms with Crippen LogP contribution in [0.1, 0.15) is 83.3 Å². The van der Waals surface area contributed by atoms with Gasteiger partial charge in [0.25, 0.3) is 17.6 Å². The molecule has 308 valence electrons. The second-order valence-electron chi connectivity index (χ2n) is 15.8. The Bertz CT molecular complexity index is 2280. The summed E-state index contributed by atoms with van der Waals surface area (Å²) in [5.41, 5.74) is 5.70. The number of carbonyl (C=O) groups excluding carboxylic acids is 3.